The Kier molecular flexibility index (Phi) is 6.94. The Hall–Kier alpha value is -6.58. The molecule has 0 atom stereocenters. The summed E-state index contributed by atoms with van der Waals surface area (Å²) in [5, 5.41) is 7.34. The van der Waals surface area contributed by atoms with Gasteiger partial charge in [0.05, 0.1) is 0 Å². The maximum Gasteiger partial charge on any atom is 0.260 e. The van der Waals surface area contributed by atoms with Crippen LogP contribution in [0.5, 0.6) is 23.0 Å². The molecule has 2 heterocycles. The molecule has 0 aromatic heterocycles. The normalized spacial score (nSPS) is 12.9. The smallest absolute Gasteiger partial charge is 0.260 e. The number of benzene rings is 9. The molecule has 0 fully saturated rings. The second kappa shape index (κ2) is 12.0. The van der Waals surface area contributed by atoms with E-state index in [2.05, 4.69) is 191 Å². The van der Waals surface area contributed by atoms with Gasteiger partial charge >= 0.3 is 0 Å². The fraction of sp³-hybridized carbons (Fsp3) is 0.0769. The Morgan fingerprint density at radius 3 is 1.60 bits per heavy atom. The lowest BCUT2D eigenvalue weighted by Crippen LogP contribution is -2.57. The summed E-state index contributed by atoms with van der Waals surface area (Å²) < 4.78 is 13.7. The van der Waals surface area contributed by atoms with Crippen LogP contribution in [0.1, 0.15) is 26.3 Å². The SMILES string of the molecule is CC(C)(C)c1ccc2c(c1)Oc1cc(-c3c4ccccc4c(-c4ccc(-c5cccc6ccccc56)cc4)c4ccccc34)cc3c1B2c1ccccc1O3. The van der Waals surface area contributed by atoms with Gasteiger partial charge in [0.25, 0.3) is 6.71 Å². The average molecular weight is 705 g/mol. The van der Waals surface area contributed by atoms with E-state index < -0.39 is 0 Å². The maximum absolute atomic E-state index is 6.95. The minimum absolute atomic E-state index is 0.00488. The number of hydrogen-bond donors (Lipinski definition) is 0. The van der Waals surface area contributed by atoms with Gasteiger partial charge in [0.1, 0.15) is 23.0 Å². The fourth-order valence-corrected chi connectivity index (χ4v) is 9.10. The van der Waals surface area contributed by atoms with Crippen LogP contribution < -0.4 is 25.9 Å². The molecule has 11 rings (SSSR count). The van der Waals surface area contributed by atoms with Crippen LogP contribution in [-0.4, -0.2) is 6.71 Å². The Bertz CT molecular complexity index is 2960. The van der Waals surface area contributed by atoms with Gasteiger partial charge in [0, 0.05) is 5.46 Å². The number of ether oxygens (including phenoxy) is 2. The summed E-state index contributed by atoms with van der Waals surface area (Å²) >= 11 is 0. The monoisotopic (exact) mass is 704 g/mol. The maximum atomic E-state index is 6.95. The predicted octanol–water partition coefficient (Wildman–Crippen LogP) is 12.2. The Morgan fingerprint density at radius 1 is 0.400 bits per heavy atom. The fourth-order valence-electron chi connectivity index (χ4n) is 9.10. The van der Waals surface area contributed by atoms with Crippen LogP contribution >= 0.6 is 0 Å². The van der Waals surface area contributed by atoms with E-state index in [1.165, 1.54) is 76.6 Å². The van der Waals surface area contributed by atoms with Crippen molar-refractivity contribution in [3.8, 4) is 56.4 Å². The molecule has 55 heavy (non-hydrogen) atoms. The van der Waals surface area contributed by atoms with E-state index in [0.29, 0.717) is 0 Å². The van der Waals surface area contributed by atoms with Crippen molar-refractivity contribution in [3.05, 3.63) is 175 Å². The molecule has 0 bridgehead atoms. The van der Waals surface area contributed by atoms with E-state index in [4.69, 9.17) is 9.47 Å². The molecule has 0 radical (unpaired) electrons. The first kappa shape index (κ1) is 31.9. The van der Waals surface area contributed by atoms with Gasteiger partial charge in [-0.2, -0.15) is 0 Å². The van der Waals surface area contributed by atoms with Gasteiger partial charge in [-0.25, -0.2) is 0 Å². The highest BCUT2D eigenvalue weighted by molar-refractivity contribution is 6.98. The van der Waals surface area contributed by atoms with Crippen molar-refractivity contribution in [2.75, 3.05) is 0 Å². The molecule has 2 nitrogen and oxygen atoms in total. The zero-order valence-electron chi connectivity index (χ0n) is 31.1. The van der Waals surface area contributed by atoms with Crippen LogP contribution in [0.2, 0.25) is 0 Å². The molecule has 0 unspecified atom stereocenters. The number of hydrogen-bond acceptors (Lipinski definition) is 2. The largest absolute Gasteiger partial charge is 0.458 e. The van der Waals surface area contributed by atoms with Crippen LogP contribution in [0.3, 0.4) is 0 Å². The van der Waals surface area contributed by atoms with Gasteiger partial charge in [0.2, 0.25) is 0 Å². The molecule has 0 saturated carbocycles. The lowest BCUT2D eigenvalue weighted by atomic mass is 9.34. The summed E-state index contributed by atoms with van der Waals surface area (Å²) in [5.41, 5.74) is 11.8. The third-order valence-corrected chi connectivity index (χ3v) is 11.7. The predicted molar refractivity (Wildman–Crippen MR) is 232 cm³/mol. The summed E-state index contributed by atoms with van der Waals surface area (Å²) in [7, 11) is 0. The van der Waals surface area contributed by atoms with Crippen molar-refractivity contribution >= 4 is 55.4 Å². The van der Waals surface area contributed by atoms with E-state index in [-0.39, 0.29) is 12.1 Å². The topological polar surface area (TPSA) is 18.5 Å². The molecule has 9 aromatic rings. The lowest BCUT2D eigenvalue weighted by Gasteiger charge is -2.34. The van der Waals surface area contributed by atoms with Crippen LogP contribution in [0, 0.1) is 0 Å². The van der Waals surface area contributed by atoms with E-state index in [1.54, 1.807) is 0 Å². The third kappa shape index (κ3) is 4.96. The first-order chi connectivity index (χ1) is 26.9. The first-order valence-corrected chi connectivity index (χ1v) is 19.2. The van der Waals surface area contributed by atoms with Crippen molar-refractivity contribution in [2.24, 2.45) is 0 Å². The summed E-state index contributed by atoms with van der Waals surface area (Å²) in [6.07, 6.45) is 0. The van der Waals surface area contributed by atoms with Crippen molar-refractivity contribution < 1.29 is 9.47 Å². The van der Waals surface area contributed by atoms with Crippen molar-refractivity contribution in [2.45, 2.75) is 26.2 Å². The molecule has 260 valence electrons. The second-order valence-electron chi connectivity index (χ2n) is 16.0. The Balaban J connectivity index is 1.11. The lowest BCUT2D eigenvalue weighted by molar-refractivity contribution is 0.463. The number of para-hydroxylation sites is 1. The summed E-state index contributed by atoms with van der Waals surface area (Å²) in [6, 6.07) is 61.7. The highest BCUT2D eigenvalue weighted by atomic mass is 16.5. The first-order valence-electron chi connectivity index (χ1n) is 19.2. The van der Waals surface area contributed by atoms with Crippen LogP contribution in [0.25, 0.3) is 65.7 Å². The minimum Gasteiger partial charge on any atom is -0.458 e. The van der Waals surface area contributed by atoms with E-state index in [0.717, 1.165) is 34.0 Å². The zero-order chi connectivity index (χ0) is 36.8. The van der Waals surface area contributed by atoms with Crippen LogP contribution in [0.4, 0.5) is 0 Å². The van der Waals surface area contributed by atoms with E-state index >= 15 is 0 Å². The van der Waals surface area contributed by atoms with E-state index in [9.17, 15) is 0 Å². The molecule has 2 aliphatic rings. The molecule has 3 heteroatoms. The highest BCUT2D eigenvalue weighted by Crippen LogP contribution is 2.47. The van der Waals surface area contributed by atoms with Gasteiger partial charge in [-0.1, -0.05) is 166 Å². The van der Waals surface area contributed by atoms with Crippen LogP contribution in [-0.2, 0) is 5.41 Å². The Labute approximate surface area is 321 Å². The van der Waals surface area contributed by atoms with Gasteiger partial charge in [-0.15, -0.1) is 0 Å². The highest BCUT2D eigenvalue weighted by Gasteiger charge is 2.41. The van der Waals surface area contributed by atoms with Crippen LogP contribution in [0.15, 0.2) is 170 Å². The van der Waals surface area contributed by atoms with Crippen molar-refractivity contribution in [3.63, 3.8) is 0 Å². The summed E-state index contributed by atoms with van der Waals surface area (Å²) in [5.74, 6) is 3.52. The molecular weight excluding hydrogens is 667 g/mol. The van der Waals surface area contributed by atoms with Crippen molar-refractivity contribution in [1.82, 2.24) is 0 Å². The van der Waals surface area contributed by atoms with Crippen molar-refractivity contribution in [1.29, 1.82) is 0 Å². The van der Waals surface area contributed by atoms with Gasteiger partial charge in [0.15, 0.2) is 0 Å². The molecule has 0 aliphatic carbocycles. The molecule has 0 N–H and O–H groups in total. The third-order valence-electron chi connectivity index (χ3n) is 11.7. The van der Waals surface area contributed by atoms with Gasteiger partial charge < -0.3 is 9.47 Å². The molecular formula is C52H37BO2. The number of fused-ring (bicyclic) bond motifs is 7. The summed E-state index contributed by atoms with van der Waals surface area (Å²) in [6.45, 7) is 6.79. The standard InChI is InChI=1S/C52H37BO2/c1-52(2,3)36-27-28-44-46(31-36)55-48-30-35(29-47-51(48)53(44)43-21-10-11-22-45(43)54-47)50-41-18-8-6-16-39(41)49(40-17-7-9-19-42(40)50)34-25-23-33(24-26-34)38-20-12-14-32-13-4-5-15-37(32)38/h4-31H,1-3H3. The quantitative estimate of drug-likeness (QED) is 0.135. The second-order valence-corrected chi connectivity index (χ2v) is 16.0. The molecule has 9 aromatic carbocycles. The molecule has 0 saturated heterocycles. The average Bonchev–Trinajstić information content (AvgIpc) is 3.21. The van der Waals surface area contributed by atoms with Gasteiger partial charge in [-0.05, 0) is 112 Å². The molecule has 2 aliphatic heterocycles. The zero-order valence-corrected chi connectivity index (χ0v) is 31.1. The van der Waals surface area contributed by atoms with Gasteiger partial charge in [-0.3, -0.25) is 0 Å². The minimum atomic E-state index is -0.00488. The summed E-state index contributed by atoms with van der Waals surface area (Å²) in [4.78, 5) is 0. The Morgan fingerprint density at radius 2 is 0.927 bits per heavy atom. The molecule has 0 amide bonds. The molecule has 0 spiro atoms. The van der Waals surface area contributed by atoms with E-state index in [1.807, 2.05) is 0 Å². The number of rotatable bonds is 3.